The van der Waals surface area contributed by atoms with Gasteiger partial charge in [0.25, 0.3) is 0 Å². The summed E-state index contributed by atoms with van der Waals surface area (Å²) in [5, 5.41) is 8.84. The second kappa shape index (κ2) is 5.17. The highest BCUT2D eigenvalue weighted by Crippen LogP contribution is 2.16. The third-order valence-electron chi connectivity index (χ3n) is 2.18. The number of nitrogens with zero attached hydrogens (tertiary/aromatic N) is 2. The van der Waals surface area contributed by atoms with E-state index >= 15 is 0 Å². The van der Waals surface area contributed by atoms with Gasteiger partial charge in [-0.15, -0.1) is 6.42 Å². The fraction of sp³-hybridized carbons (Fsp3) is 0.333. The van der Waals surface area contributed by atoms with Crippen molar-refractivity contribution in [3.05, 3.63) is 24.0 Å². The zero-order valence-electron chi connectivity index (χ0n) is 9.34. The van der Waals surface area contributed by atoms with Crippen molar-refractivity contribution in [2.45, 2.75) is 19.9 Å². The lowest BCUT2D eigenvalue weighted by Crippen LogP contribution is -2.31. The molecule has 0 fully saturated rings. The fourth-order valence-corrected chi connectivity index (χ4v) is 1.39. The molecule has 1 heterocycles. The molecule has 0 saturated carbocycles. The summed E-state index contributed by atoms with van der Waals surface area (Å²) in [6, 6.07) is 3.49. The molecule has 0 saturated heterocycles. The summed E-state index contributed by atoms with van der Waals surface area (Å²) in [5.74, 6) is 1.52. The van der Waals surface area contributed by atoms with Gasteiger partial charge in [-0.1, -0.05) is 5.92 Å². The first kappa shape index (κ1) is 12.1. The van der Waals surface area contributed by atoms with Gasteiger partial charge in [-0.25, -0.2) is 9.78 Å². The van der Waals surface area contributed by atoms with Crippen molar-refractivity contribution >= 4 is 11.7 Å². The number of aromatic carboxylic acids is 1. The van der Waals surface area contributed by atoms with Gasteiger partial charge in [-0.2, -0.15) is 0 Å². The van der Waals surface area contributed by atoms with Crippen LogP contribution in [0, 0.1) is 12.3 Å². The van der Waals surface area contributed by atoms with Gasteiger partial charge in [0.15, 0.2) is 0 Å². The Morgan fingerprint density at radius 2 is 2.38 bits per heavy atom. The zero-order chi connectivity index (χ0) is 12.1. The van der Waals surface area contributed by atoms with E-state index in [-0.39, 0.29) is 11.7 Å². The van der Waals surface area contributed by atoms with Crippen molar-refractivity contribution < 1.29 is 9.90 Å². The Labute approximate surface area is 94.9 Å². The number of pyridine rings is 1. The smallest absolute Gasteiger partial charge is 0.354 e. The van der Waals surface area contributed by atoms with Crippen LogP contribution in [-0.2, 0) is 0 Å². The fourth-order valence-electron chi connectivity index (χ4n) is 1.39. The summed E-state index contributed by atoms with van der Waals surface area (Å²) >= 11 is 0. The van der Waals surface area contributed by atoms with E-state index in [0.717, 1.165) is 5.69 Å². The average molecular weight is 218 g/mol. The maximum Gasteiger partial charge on any atom is 0.354 e. The van der Waals surface area contributed by atoms with E-state index in [2.05, 4.69) is 10.9 Å². The number of terminal acetylenes is 1. The van der Waals surface area contributed by atoms with Gasteiger partial charge in [0.05, 0.1) is 6.54 Å². The standard InChI is InChI=1S/C12H14N2O2/c1-4-7-14(9(2)3)10-5-6-13-11(8-10)12(15)16/h1,5-6,8-9H,7H2,2-3H3,(H,15,16). The van der Waals surface area contributed by atoms with Crippen molar-refractivity contribution in [1.29, 1.82) is 0 Å². The van der Waals surface area contributed by atoms with Gasteiger partial charge < -0.3 is 10.0 Å². The van der Waals surface area contributed by atoms with Gasteiger partial charge in [0.2, 0.25) is 0 Å². The molecule has 16 heavy (non-hydrogen) atoms. The first-order chi connectivity index (χ1) is 7.56. The number of aromatic nitrogens is 1. The third kappa shape index (κ3) is 2.74. The van der Waals surface area contributed by atoms with E-state index in [9.17, 15) is 4.79 Å². The molecule has 0 radical (unpaired) electrons. The van der Waals surface area contributed by atoms with Crippen LogP contribution >= 0.6 is 0 Å². The molecule has 0 atom stereocenters. The van der Waals surface area contributed by atoms with Crippen LogP contribution in [-0.4, -0.2) is 28.6 Å². The SMILES string of the molecule is C#CCN(c1ccnc(C(=O)O)c1)C(C)C. The summed E-state index contributed by atoms with van der Waals surface area (Å²) in [4.78, 5) is 16.5. The van der Waals surface area contributed by atoms with Crippen molar-refractivity contribution in [3.63, 3.8) is 0 Å². The Hall–Kier alpha value is -2.02. The molecular formula is C12H14N2O2. The second-order valence-corrected chi connectivity index (χ2v) is 3.63. The topological polar surface area (TPSA) is 53.4 Å². The molecular weight excluding hydrogens is 204 g/mol. The minimum atomic E-state index is -1.04. The predicted molar refractivity (Wildman–Crippen MR) is 62.5 cm³/mol. The Balaban J connectivity index is 3.06. The minimum absolute atomic E-state index is 0.0279. The van der Waals surface area contributed by atoms with Crippen LogP contribution in [0.15, 0.2) is 18.3 Å². The highest BCUT2D eigenvalue weighted by Gasteiger charge is 2.12. The Morgan fingerprint density at radius 3 is 2.88 bits per heavy atom. The second-order valence-electron chi connectivity index (χ2n) is 3.63. The van der Waals surface area contributed by atoms with Crippen LogP contribution in [0.5, 0.6) is 0 Å². The van der Waals surface area contributed by atoms with Crippen LogP contribution in [0.3, 0.4) is 0 Å². The quantitative estimate of drug-likeness (QED) is 0.780. The van der Waals surface area contributed by atoms with Crippen LogP contribution in [0.4, 0.5) is 5.69 Å². The van der Waals surface area contributed by atoms with Gasteiger partial charge in [-0.05, 0) is 26.0 Å². The average Bonchev–Trinajstić information content (AvgIpc) is 2.25. The molecule has 84 valence electrons. The summed E-state index contributed by atoms with van der Waals surface area (Å²) < 4.78 is 0. The first-order valence-electron chi connectivity index (χ1n) is 4.95. The van der Waals surface area contributed by atoms with E-state index in [1.807, 2.05) is 18.7 Å². The van der Waals surface area contributed by atoms with Crippen LogP contribution in [0.1, 0.15) is 24.3 Å². The van der Waals surface area contributed by atoms with Crippen molar-refractivity contribution in [3.8, 4) is 12.3 Å². The van der Waals surface area contributed by atoms with Gasteiger partial charge in [0, 0.05) is 17.9 Å². The summed E-state index contributed by atoms with van der Waals surface area (Å²) in [5.41, 5.74) is 0.806. The van der Waals surface area contributed by atoms with Crippen molar-refractivity contribution in [1.82, 2.24) is 4.98 Å². The minimum Gasteiger partial charge on any atom is -0.477 e. The highest BCUT2D eigenvalue weighted by atomic mass is 16.4. The molecule has 0 aliphatic carbocycles. The molecule has 1 aromatic rings. The lowest BCUT2D eigenvalue weighted by molar-refractivity contribution is 0.0690. The molecule has 0 spiro atoms. The number of carboxylic acid groups (broad SMARTS) is 1. The van der Waals surface area contributed by atoms with Crippen LogP contribution in [0.25, 0.3) is 0 Å². The van der Waals surface area contributed by atoms with E-state index < -0.39 is 5.97 Å². The maximum atomic E-state index is 10.8. The Kier molecular flexibility index (Phi) is 3.90. The molecule has 0 bridgehead atoms. The number of carboxylic acids is 1. The molecule has 0 amide bonds. The molecule has 4 heteroatoms. The van der Waals surface area contributed by atoms with Gasteiger partial charge >= 0.3 is 5.97 Å². The van der Waals surface area contributed by atoms with Crippen molar-refractivity contribution in [2.24, 2.45) is 0 Å². The highest BCUT2D eigenvalue weighted by molar-refractivity contribution is 5.86. The summed E-state index contributed by atoms with van der Waals surface area (Å²) in [7, 11) is 0. The number of anilines is 1. The third-order valence-corrected chi connectivity index (χ3v) is 2.18. The number of hydrogen-bond acceptors (Lipinski definition) is 3. The molecule has 4 nitrogen and oxygen atoms in total. The summed E-state index contributed by atoms with van der Waals surface area (Å²) in [6.45, 7) is 4.44. The van der Waals surface area contributed by atoms with Crippen LogP contribution in [0.2, 0.25) is 0 Å². The largest absolute Gasteiger partial charge is 0.477 e. The zero-order valence-corrected chi connectivity index (χ0v) is 9.34. The lowest BCUT2D eigenvalue weighted by atomic mass is 10.2. The molecule has 0 aromatic carbocycles. The van der Waals surface area contributed by atoms with Gasteiger partial charge in [-0.3, -0.25) is 0 Å². The Morgan fingerprint density at radius 1 is 1.69 bits per heavy atom. The molecule has 0 unspecified atom stereocenters. The lowest BCUT2D eigenvalue weighted by Gasteiger charge is -2.26. The molecule has 1 aromatic heterocycles. The Bertz CT molecular complexity index is 421. The van der Waals surface area contributed by atoms with E-state index in [4.69, 9.17) is 11.5 Å². The molecule has 1 N–H and O–H groups in total. The van der Waals surface area contributed by atoms with E-state index in [1.165, 1.54) is 12.3 Å². The van der Waals surface area contributed by atoms with Gasteiger partial charge in [0.1, 0.15) is 5.69 Å². The summed E-state index contributed by atoms with van der Waals surface area (Å²) in [6.07, 6.45) is 6.76. The number of carbonyl (C=O) groups is 1. The monoisotopic (exact) mass is 218 g/mol. The predicted octanol–water partition coefficient (Wildman–Crippen LogP) is 1.63. The normalized spacial score (nSPS) is 9.88. The van der Waals surface area contributed by atoms with E-state index in [0.29, 0.717) is 6.54 Å². The molecule has 0 aliphatic heterocycles. The number of hydrogen-bond donors (Lipinski definition) is 1. The van der Waals surface area contributed by atoms with E-state index in [1.54, 1.807) is 6.07 Å². The maximum absolute atomic E-state index is 10.8. The van der Waals surface area contributed by atoms with Crippen molar-refractivity contribution in [2.75, 3.05) is 11.4 Å². The first-order valence-corrected chi connectivity index (χ1v) is 4.95. The molecule has 1 rings (SSSR count). The number of rotatable bonds is 4. The van der Waals surface area contributed by atoms with Crippen LogP contribution < -0.4 is 4.90 Å². The molecule has 0 aliphatic rings.